The molecule has 0 spiro atoms. The van der Waals surface area contributed by atoms with Crippen molar-refractivity contribution >= 4 is 7.82 Å². The fourth-order valence-corrected chi connectivity index (χ4v) is 18.0. The van der Waals surface area contributed by atoms with Crippen molar-refractivity contribution in [1.29, 1.82) is 0 Å². The minimum atomic E-state index is -5.21. The molecule has 0 unspecified atom stereocenters. The molecule has 12 aromatic rings. The molecule has 0 saturated heterocycles. The Morgan fingerprint density at radius 3 is 0.452 bits per heavy atom. The quantitative estimate of drug-likeness (QED) is 0.0634. The molecule has 530 valence electrons. The molecule has 0 saturated carbocycles. The predicted molar refractivity (Wildman–Crippen MR) is 436 cm³/mol. The van der Waals surface area contributed by atoms with Crippen molar-refractivity contribution in [1.82, 2.24) is 0 Å². The Balaban J connectivity index is 1.27. The summed E-state index contributed by atoms with van der Waals surface area (Å²) in [5.41, 5.74) is 12.2. The summed E-state index contributed by atoms with van der Waals surface area (Å²) in [5.74, 6) is 1.13. The maximum atomic E-state index is 18.9. The monoisotopic (exact) mass is 1390 g/mol. The molecule has 0 bridgehead atoms. The lowest BCUT2D eigenvalue weighted by molar-refractivity contribution is 0.289. The van der Waals surface area contributed by atoms with Crippen molar-refractivity contribution in [3.8, 4) is 17.2 Å². The van der Waals surface area contributed by atoms with Crippen molar-refractivity contribution in [3.05, 3.63) is 410 Å². The second kappa shape index (κ2) is 28.4. The van der Waals surface area contributed by atoms with Gasteiger partial charge in [-0.25, -0.2) is 0 Å². The Bertz CT molecular complexity index is 4160. The Hall–Kier alpha value is -9.73. The maximum Gasteiger partial charge on any atom is 0.647 e. The maximum absolute atomic E-state index is 18.9. The zero-order valence-corrected chi connectivity index (χ0v) is 65.4. The molecule has 0 aromatic heterocycles. The molecule has 12 rings (SSSR count). The molecule has 0 aliphatic rings. The number of rotatable bonds is 18. The van der Waals surface area contributed by atoms with Gasteiger partial charge in [0.05, 0.1) is 16.2 Å². The average Bonchev–Trinajstić information content (AvgIpc) is 0.715. The van der Waals surface area contributed by atoms with Crippen LogP contribution >= 0.6 is 7.82 Å². The Morgan fingerprint density at radius 1 is 0.183 bits per heavy atom. The van der Waals surface area contributed by atoms with Crippen LogP contribution in [-0.4, -0.2) is 0 Å². The Labute approximate surface area is 622 Å². The second-order valence-electron chi connectivity index (χ2n) is 34.3. The van der Waals surface area contributed by atoms with Crippen LogP contribution in [0, 0.1) is 0 Å². The van der Waals surface area contributed by atoms with Gasteiger partial charge in [0.2, 0.25) is 0 Å². The van der Waals surface area contributed by atoms with E-state index in [9.17, 15) is 0 Å². The molecule has 0 atom stereocenters. The van der Waals surface area contributed by atoms with Crippen LogP contribution in [0.5, 0.6) is 17.2 Å². The zero-order valence-electron chi connectivity index (χ0n) is 64.5. The molecule has 0 aliphatic heterocycles. The van der Waals surface area contributed by atoms with E-state index in [1.54, 1.807) is 0 Å². The van der Waals surface area contributed by atoms with Crippen molar-refractivity contribution in [2.75, 3.05) is 0 Å². The van der Waals surface area contributed by atoms with Gasteiger partial charge >= 0.3 is 7.82 Å². The fourth-order valence-electron chi connectivity index (χ4n) is 16.7. The standard InChI is InChI=1S/C99H105O4P/c1-91(2,3)79-64-67-82(88(94(10,11)12)85(79)97(70-46-28-19-29-47-70,71-48-30-20-31-49-71)72-50-32-21-33-51-72)101-104(100,102-83-68-65-80(92(4,5)6)86(89(83)95(13,14)15)98(73-52-34-22-35-53-73,74-54-36-23-37-55-74)75-56-38-24-39-57-75)103-84-69-66-81(93(7,8)9)87(90(84)96(16,17)18)99(76-58-40-25-41-59-76,77-60-42-26-43-61-77)78-62-44-27-45-63-78/h19-69H,1-18H3. The van der Waals surface area contributed by atoms with Crippen molar-refractivity contribution < 1.29 is 18.1 Å². The number of phosphoric acid groups is 1. The third kappa shape index (κ3) is 13.8. The van der Waals surface area contributed by atoms with E-state index in [1.165, 1.54) is 0 Å². The normalized spacial score (nSPS) is 12.9. The van der Waals surface area contributed by atoms with Crippen LogP contribution in [-0.2, 0) is 53.3 Å². The third-order valence-corrected chi connectivity index (χ3v) is 22.1. The lowest BCUT2D eigenvalue weighted by Crippen LogP contribution is -2.38. The summed E-state index contributed by atoms with van der Waals surface area (Å²) in [4.78, 5) is 0. The molecule has 0 radical (unpaired) electrons. The van der Waals surface area contributed by atoms with Crippen LogP contribution in [0.2, 0.25) is 0 Å². The molecule has 0 heterocycles. The van der Waals surface area contributed by atoms with E-state index in [4.69, 9.17) is 13.6 Å². The van der Waals surface area contributed by atoms with E-state index >= 15 is 4.57 Å². The molecule has 12 aromatic carbocycles. The minimum Gasteiger partial charge on any atom is -0.386 e. The summed E-state index contributed by atoms with van der Waals surface area (Å²) in [6, 6.07) is 111. The first-order valence-corrected chi connectivity index (χ1v) is 38.5. The van der Waals surface area contributed by atoms with Gasteiger partial charge in [0.25, 0.3) is 0 Å². The van der Waals surface area contributed by atoms with Gasteiger partial charge in [0.15, 0.2) is 0 Å². The summed E-state index contributed by atoms with van der Waals surface area (Å²) in [6.45, 7) is 40.9. The molecule has 0 aliphatic carbocycles. The highest BCUT2D eigenvalue weighted by Gasteiger charge is 2.52. The topological polar surface area (TPSA) is 44.8 Å². The SMILES string of the molecule is CC(C)(C)c1ccc(OP(=O)(Oc2ccc(C(C)(C)C)c(C(c3ccccc3)(c3ccccc3)c3ccccc3)c2C(C)(C)C)Oc2ccc(C(C)(C)C)c(C(c3ccccc3)(c3ccccc3)c3ccccc3)c2C(C)(C)C)c(C(C)(C)C)c1C(c1ccccc1)(c1ccccc1)c1ccccc1. The largest absolute Gasteiger partial charge is 0.647 e. The predicted octanol–water partition coefficient (Wildman–Crippen LogP) is 26.3. The average molecular weight is 1390 g/mol. The van der Waals surface area contributed by atoms with Crippen molar-refractivity contribution in [2.24, 2.45) is 0 Å². The number of benzene rings is 12. The first-order chi connectivity index (χ1) is 49.3. The van der Waals surface area contributed by atoms with E-state index in [-0.39, 0.29) is 0 Å². The van der Waals surface area contributed by atoms with Gasteiger partial charge in [-0.05, 0) is 134 Å². The minimum absolute atomic E-state index is 0.378. The highest BCUT2D eigenvalue weighted by Crippen LogP contribution is 2.63. The van der Waals surface area contributed by atoms with Crippen LogP contribution < -0.4 is 13.6 Å². The van der Waals surface area contributed by atoms with E-state index in [2.05, 4.69) is 416 Å². The smallest absolute Gasteiger partial charge is 0.386 e. The molecule has 0 amide bonds. The summed E-state index contributed by atoms with van der Waals surface area (Å²) < 4.78 is 42.8. The van der Waals surface area contributed by atoms with E-state index in [0.717, 1.165) is 100 Å². The summed E-state index contributed by atoms with van der Waals surface area (Å²) >= 11 is 0. The van der Waals surface area contributed by atoms with E-state index in [1.807, 2.05) is 18.2 Å². The van der Waals surface area contributed by atoms with Gasteiger partial charge in [-0.2, -0.15) is 4.57 Å². The first-order valence-electron chi connectivity index (χ1n) is 37.0. The number of phosphoric ester groups is 1. The van der Waals surface area contributed by atoms with Crippen LogP contribution in [0.1, 0.15) is 225 Å². The van der Waals surface area contributed by atoms with Gasteiger partial charge < -0.3 is 13.6 Å². The zero-order chi connectivity index (χ0) is 74.3. The van der Waals surface area contributed by atoms with Gasteiger partial charge in [0.1, 0.15) is 17.2 Å². The molecule has 0 fully saturated rings. The second-order valence-corrected chi connectivity index (χ2v) is 35.8. The van der Waals surface area contributed by atoms with Crippen molar-refractivity contribution in [2.45, 2.75) is 173 Å². The summed E-state index contributed by atoms with van der Waals surface area (Å²) in [5, 5.41) is 0. The molecule has 5 heteroatoms. The van der Waals surface area contributed by atoms with Crippen LogP contribution in [0.4, 0.5) is 0 Å². The summed E-state index contributed by atoms with van der Waals surface area (Å²) in [7, 11) is -5.21. The highest BCUT2D eigenvalue weighted by molar-refractivity contribution is 7.49. The Morgan fingerprint density at radius 2 is 0.327 bits per heavy atom. The van der Waals surface area contributed by atoms with Gasteiger partial charge in [-0.1, -0.05) is 416 Å². The number of hydrogen-bond donors (Lipinski definition) is 0. The molecule has 104 heavy (non-hydrogen) atoms. The van der Waals surface area contributed by atoms with Crippen molar-refractivity contribution in [3.63, 3.8) is 0 Å². The molecular weight excluding hydrogens is 1280 g/mol. The fraction of sp³-hybridized carbons (Fsp3) is 0.273. The molecular formula is C99H105O4P. The lowest BCUT2D eigenvalue weighted by Gasteiger charge is -2.45. The van der Waals surface area contributed by atoms with Gasteiger partial charge in [-0.3, -0.25) is 0 Å². The van der Waals surface area contributed by atoms with Gasteiger partial charge in [-0.15, -0.1) is 0 Å². The van der Waals surface area contributed by atoms with Gasteiger partial charge in [0, 0.05) is 16.7 Å². The lowest BCUT2D eigenvalue weighted by atomic mass is 9.58. The first kappa shape index (κ1) is 74.0. The summed E-state index contributed by atoms with van der Waals surface area (Å²) in [6.07, 6.45) is 0. The van der Waals surface area contributed by atoms with Crippen LogP contribution in [0.15, 0.2) is 309 Å². The number of hydrogen-bond acceptors (Lipinski definition) is 4. The third-order valence-electron chi connectivity index (χ3n) is 20.8. The highest BCUT2D eigenvalue weighted by atomic mass is 31.2. The molecule has 4 nitrogen and oxygen atoms in total. The Kier molecular flexibility index (Phi) is 20.2. The van der Waals surface area contributed by atoms with Crippen LogP contribution in [0.3, 0.4) is 0 Å². The van der Waals surface area contributed by atoms with E-state index in [0.29, 0.717) is 17.2 Å². The van der Waals surface area contributed by atoms with E-state index < -0.39 is 56.6 Å². The molecule has 0 N–H and O–H groups in total. The van der Waals surface area contributed by atoms with Crippen LogP contribution in [0.25, 0.3) is 0 Å².